The van der Waals surface area contributed by atoms with Gasteiger partial charge in [0.1, 0.15) is 6.42 Å². The molecule has 0 aliphatic carbocycles. The van der Waals surface area contributed by atoms with E-state index in [0.717, 1.165) is 38.9 Å². The fraction of sp³-hybridized carbons (Fsp3) is 0.524. The average Bonchev–Trinajstić information content (AvgIpc) is 2.66. The Kier molecular flexibility index (Phi) is 8.90. The Labute approximate surface area is 157 Å². The topological polar surface area (TPSA) is 52.7 Å². The van der Waals surface area contributed by atoms with Crippen LogP contribution in [-0.4, -0.2) is 60.9 Å². The van der Waals surface area contributed by atoms with Gasteiger partial charge in [-0.05, 0) is 12.0 Å². The minimum atomic E-state index is -0.153. The van der Waals surface area contributed by atoms with Crippen molar-refractivity contribution in [3.63, 3.8) is 0 Å². The highest BCUT2D eigenvalue weighted by Gasteiger charge is 2.22. The molecule has 0 bridgehead atoms. The molecule has 26 heavy (non-hydrogen) atoms. The highest BCUT2D eigenvalue weighted by atomic mass is 16.2. The molecule has 1 aromatic rings. The lowest BCUT2D eigenvalue weighted by Gasteiger charge is -2.34. The Morgan fingerprint density at radius 1 is 1.08 bits per heavy atom. The number of unbranched alkanes of at least 4 members (excludes halogenated alkanes) is 2. The normalized spacial score (nSPS) is 15.3. The molecule has 1 aliphatic heterocycles. The van der Waals surface area contributed by atoms with E-state index in [1.807, 2.05) is 23.1 Å². The Hall–Kier alpha value is -2.14. The van der Waals surface area contributed by atoms with E-state index in [4.69, 9.17) is 0 Å². The smallest absolute Gasteiger partial charge is 0.232 e. The molecule has 1 saturated heterocycles. The van der Waals surface area contributed by atoms with Crippen LogP contribution >= 0.6 is 0 Å². The molecule has 0 unspecified atom stereocenters. The van der Waals surface area contributed by atoms with E-state index in [2.05, 4.69) is 41.4 Å². The predicted octanol–water partition coefficient (Wildman–Crippen LogP) is 2.54. The van der Waals surface area contributed by atoms with Crippen LogP contribution in [0.2, 0.25) is 0 Å². The van der Waals surface area contributed by atoms with E-state index in [1.165, 1.54) is 5.56 Å². The van der Waals surface area contributed by atoms with Gasteiger partial charge in [-0.3, -0.25) is 14.5 Å². The largest absolute Gasteiger partial charge is 0.356 e. The van der Waals surface area contributed by atoms with Gasteiger partial charge in [0, 0.05) is 39.3 Å². The predicted molar refractivity (Wildman–Crippen MR) is 106 cm³/mol. The van der Waals surface area contributed by atoms with Gasteiger partial charge in [0.25, 0.3) is 0 Å². The first-order valence-corrected chi connectivity index (χ1v) is 9.67. The lowest BCUT2D eigenvalue weighted by molar-refractivity contribution is -0.137. The van der Waals surface area contributed by atoms with Gasteiger partial charge in [-0.15, -0.1) is 0 Å². The zero-order chi connectivity index (χ0) is 18.6. The summed E-state index contributed by atoms with van der Waals surface area (Å²) in [6.45, 7) is 6.77. The molecule has 1 aliphatic rings. The zero-order valence-corrected chi connectivity index (χ0v) is 15.8. The minimum absolute atomic E-state index is 0.0277. The molecule has 0 aromatic heterocycles. The fourth-order valence-electron chi connectivity index (χ4n) is 3.00. The summed E-state index contributed by atoms with van der Waals surface area (Å²) in [6, 6.07) is 10.2. The lowest BCUT2D eigenvalue weighted by Crippen LogP contribution is -2.49. The SMILES string of the molecule is CCCCCNC(=O)CC(=O)N1CCN(C/C=C/c2ccccc2)CC1. The highest BCUT2D eigenvalue weighted by Crippen LogP contribution is 2.06. The number of piperazine rings is 1. The van der Waals surface area contributed by atoms with Crippen LogP contribution in [-0.2, 0) is 9.59 Å². The summed E-state index contributed by atoms with van der Waals surface area (Å²) in [6.07, 6.45) is 7.47. The second-order valence-corrected chi connectivity index (χ2v) is 6.73. The van der Waals surface area contributed by atoms with Crippen molar-refractivity contribution in [2.75, 3.05) is 39.3 Å². The van der Waals surface area contributed by atoms with E-state index < -0.39 is 0 Å². The van der Waals surface area contributed by atoms with Crippen LogP contribution < -0.4 is 5.32 Å². The van der Waals surface area contributed by atoms with Crippen molar-refractivity contribution >= 4 is 17.9 Å². The highest BCUT2D eigenvalue weighted by molar-refractivity contribution is 5.96. The third-order valence-corrected chi connectivity index (χ3v) is 4.61. The zero-order valence-electron chi connectivity index (χ0n) is 15.8. The number of hydrogen-bond donors (Lipinski definition) is 1. The van der Waals surface area contributed by atoms with E-state index in [9.17, 15) is 9.59 Å². The summed E-state index contributed by atoms with van der Waals surface area (Å²) in [7, 11) is 0. The molecule has 5 heteroatoms. The molecule has 1 fully saturated rings. The van der Waals surface area contributed by atoms with Crippen molar-refractivity contribution in [2.24, 2.45) is 0 Å². The van der Waals surface area contributed by atoms with Gasteiger partial charge in [-0.1, -0.05) is 62.2 Å². The molecule has 1 N–H and O–H groups in total. The number of carbonyl (C=O) groups is 2. The second-order valence-electron chi connectivity index (χ2n) is 6.73. The monoisotopic (exact) mass is 357 g/mol. The van der Waals surface area contributed by atoms with Crippen molar-refractivity contribution in [1.82, 2.24) is 15.1 Å². The second kappa shape index (κ2) is 11.5. The maximum absolute atomic E-state index is 12.2. The molecular formula is C21H31N3O2. The van der Waals surface area contributed by atoms with Crippen molar-refractivity contribution in [3.8, 4) is 0 Å². The molecule has 142 valence electrons. The first kappa shape index (κ1) is 20.2. The number of amides is 2. The van der Waals surface area contributed by atoms with E-state index in [1.54, 1.807) is 0 Å². The van der Waals surface area contributed by atoms with Gasteiger partial charge in [-0.25, -0.2) is 0 Å². The number of rotatable bonds is 9. The molecule has 2 amide bonds. The maximum atomic E-state index is 12.2. The number of benzene rings is 1. The van der Waals surface area contributed by atoms with Crippen molar-refractivity contribution in [1.29, 1.82) is 0 Å². The summed E-state index contributed by atoms with van der Waals surface area (Å²) in [4.78, 5) is 28.2. The van der Waals surface area contributed by atoms with E-state index in [0.29, 0.717) is 19.6 Å². The number of hydrogen-bond acceptors (Lipinski definition) is 3. The van der Waals surface area contributed by atoms with E-state index >= 15 is 0 Å². The third-order valence-electron chi connectivity index (χ3n) is 4.61. The summed E-state index contributed by atoms with van der Waals surface area (Å²) in [5.74, 6) is -0.211. The molecule has 1 heterocycles. The van der Waals surface area contributed by atoms with Crippen LogP contribution in [0.4, 0.5) is 0 Å². The van der Waals surface area contributed by atoms with Crippen LogP contribution in [0, 0.1) is 0 Å². The van der Waals surface area contributed by atoms with Crippen molar-refractivity contribution in [2.45, 2.75) is 32.6 Å². The number of carbonyl (C=O) groups excluding carboxylic acids is 2. The molecule has 0 radical (unpaired) electrons. The van der Waals surface area contributed by atoms with Gasteiger partial charge in [0.15, 0.2) is 0 Å². The molecule has 1 aromatic carbocycles. The number of nitrogens with one attached hydrogen (secondary N) is 1. The van der Waals surface area contributed by atoms with Gasteiger partial charge in [0.2, 0.25) is 11.8 Å². The van der Waals surface area contributed by atoms with Gasteiger partial charge in [0.05, 0.1) is 0 Å². The summed E-state index contributed by atoms with van der Waals surface area (Å²) in [5.41, 5.74) is 1.20. The van der Waals surface area contributed by atoms with Crippen LogP contribution in [0.15, 0.2) is 36.4 Å². The summed E-state index contributed by atoms with van der Waals surface area (Å²) >= 11 is 0. The first-order valence-electron chi connectivity index (χ1n) is 9.67. The molecular weight excluding hydrogens is 326 g/mol. The standard InChI is InChI=1S/C21H31N3O2/c1-2-3-7-12-22-20(25)18-21(26)24-16-14-23(15-17-24)13-8-11-19-9-5-4-6-10-19/h4-6,8-11H,2-3,7,12-18H2,1H3,(H,22,25)/b11-8+. The Morgan fingerprint density at radius 3 is 2.50 bits per heavy atom. The van der Waals surface area contributed by atoms with Gasteiger partial charge in [-0.2, -0.15) is 0 Å². The van der Waals surface area contributed by atoms with Gasteiger partial charge < -0.3 is 10.2 Å². The quantitative estimate of drug-likeness (QED) is 0.546. The summed E-state index contributed by atoms with van der Waals surface area (Å²) < 4.78 is 0. The van der Waals surface area contributed by atoms with Crippen LogP contribution in [0.5, 0.6) is 0 Å². The molecule has 0 spiro atoms. The minimum Gasteiger partial charge on any atom is -0.356 e. The number of nitrogens with zero attached hydrogens (tertiary/aromatic N) is 2. The van der Waals surface area contributed by atoms with Crippen LogP contribution in [0.1, 0.15) is 38.2 Å². The van der Waals surface area contributed by atoms with Crippen LogP contribution in [0.3, 0.4) is 0 Å². The van der Waals surface area contributed by atoms with Crippen LogP contribution in [0.25, 0.3) is 6.08 Å². The molecule has 0 saturated carbocycles. The van der Waals surface area contributed by atoms with Crippen molar-refractivity contribution < 1.29 is 9.59 Å². The Bertz CT molecular complexity index is 578. The summed E-state index contributed by atoms with van der Waals surface area (Å²) in [5, 5.41) is 2.83. The van der Waals surface area contributed by atoms with Crippen molar-refractivity contribution in [3.05, 3.63) is 42.0 Å². The maximum Gasteiger partial charge on any atom is 0.232 e. The lowest BCUT2D eigenvalue weighted by atomic mass is 10.2. The van der Waals surface area contributed by atoms with Gasteiger partial charge >= 0.3 is 0 Å². The Balaban J connectivity index is 1.63. The Morgan fingerprint density at radius 2 is 1.81 bits per heavy atom. The molecule has 5 nitrogen and oxygen atoms in total. The fourth-order valence-corrected chi connectivity index (χ4v) is 3.00. The molecule has 2 rings (SSSR count). The molecule has 0 atom stereocenters. The third kappa shape index (κ3) is 7.40. The van der Waals surface area contributed by atoms with E-state index in [-0.39, 0.29) is 18.2 Å². The average molecular weight is 357 g/mol. The first-order chi connectivity index (χ1) is 12.7.